The van der Waals surface area contributed by atoms with E-state index in [4.69, 9.17) is 34.8 Å². The predicted molar refractivity (Wildman–Crippen MR) is 128 cm³/mol. The van der Waals surface area contributed by atoms with Crippen molar-refractivity contribution in [3.05, 3.63) is 91.6 Å². The number of carbonyl (C=O) groups is 1. The van der Waals surface area contributed by atoms with Gasteiger partial charge in [0, 0.05) is 31.6 Å². The molecule has 3 aromatic rings. The Morgan fingerprint density at radius 1 is 1.00 bits per heavy atom. The lowest BCUT2D eigenvalue weighted by Gasteiger charge is -2.23. The molecule has 0 fully saturated rings. The van der Waals surface area contributed by atoms with Gasteiger partial charge < -0.3 is 5.32 Å². The van der Waals surface area contributed by atoms with Crippen LogP contribution in [-0.2, 0) is 21.4 Å². The molecule has 0 heterocycles. The largest absolute Gasteiger partial charge is 0.322 e. The highest BCUT2D eigenvalue weighted by molar-refractivity contribution is 9.10. The second kappa shape index (κ2) is 10.5. The maximum Gasteiger partial charge on any atom is 0.243 e. The minimum atomic E-state index is -4.16. The normalized spacial score (nSPS) is 11.6. The zero-order valence-electron chi connectivity index (χ0n) is 16.2. The SMILES string of the molecule is O=C(CN(Cc1c(Cl)cccc1Cl)S(=O)(=O)c1ccc(Cl)cc1)Nc1ccc(Br)cc1F. The molecule has 0 aliphatic carbocycles. The molecule has 0 saturated carbocycles. The Morgan fingerprint density at radius 3 is 2.22 bits per heavy atom. The van der Waals surface area contributed by atoms with Crippen LogP contribution in [0.3, 0.4) is 0 Å². The van der Waals surface area contributed by atoms with Crippen LogP contribution in [0.25, 0.3) is 0 Å². The third kappa shape index (κ3) is 6.01. The smallest absolute Gasteiger partial charge is 0.243 e. The average Bonchev–Trinajstić information content (AvgIpc) is 2.72. The van der Waals surface area contributed by atoms with Gasteiger partial charge in [0.05, 0.1) is 17.1 Å². The third-order valence-electron chi connectivity index (χ3n) is 4.37. The third-order valence-corrected chi connectivity index (χ3v) is 7.63. The summed E-state index contributed by atoms with van der Waals surface area (Å²) >= 11 is 21.4. The van der Waals surface area contributed by atoms with E-state index in [1.54, 1.807) is 24.3 Å². The first-order valence-corrected chi connectivity index (χ1v) is 12.4. The van der Waals surface area contributed by atoms with E-state index in [2.05, 4.69) is 21.2 Å². The van der Waals surface area contributed by atoms with Crippen LogP contribution in [0.15, 0.2) is 70.0 Å². The van der Waals surface area contributed by atoms with Crippen molar-refractivity contribution < 1.29 is 17.6 Å². The van der Waals surface area contributed by atoms with Crippen LogP contribution in [0.4, 0.5) is 10.1 Å². The van der Waals surface area contributed by atoms with Crippen LogP contribution in [0.1, 0.15) is 5.56 Å². The quantitative estimate of drug-likeness (QED) is 0.353. The lowest BCUT2D eigenvalue weighted by atomic mass is 10.2. The fourth-order valence-electron chi connectivity index (χ4n) is 2.78. The molecular formula is C21H15BrCl3FN2O3S. The van der Waals surface area contributed by atoms with Gasteiger partial charge in [-0.3, -0.25) is 4.79 Å². The van der Waals surface area contributed by atoms with E-state index < -0.39 is 28.3 Å². The minimum Gasteiger partial charge on any atom is -0.322 e. The number of hydrogen-bond acceptors (Lipinski definition) is 3. The minimum absolute atomic E-state index is 0.0762. The van der Waals surface area contributed by atoms with Crippen LogP contribution in [0, 0.1) is 5.82 Å². The molecule has 11 heteroatoms. The van der Waals surface area contributed by atoms with Crippen LogP contribution in [-0.4, -0.2) is 25.2 Å². The van der Waals surface area contributed by atoms with Crippen molar-refractivity contribution in [3.63, 3.8) is 0 Å². The maximum atomic E-state index is 14.1. The molecular weight excluding hydrogens is 566 g/mol. The molecule has 1 amide bonds. The Morgan fingerprint density at radius 2 is 1.62 bits per heavy atom. The number of nitrogens with one attached hydrogen (secondary N) is 1. The summed E-state index contributed by atoms with van der Waals surface area (Å²) in [6.45, 7) is -0.887. The summed E-state index contributed by atoms with van der Waals surface area (Å²) in [5, 5.41) is 3.23. The van der Waals surface area contributed by atoms with E-state index in [-0.39, 0.29) is 27.2 Å². The molecule has 0 saturated heterocycles. The number of anilines is 1. The van der Waals surface area contributed by atoms with Crippen molar-refractivity contribution >= 4 is 72.4 Å². The number of rotatable bonds is 7. The van der Waals surface area contributed by atoms with Gasteiger partial charge in [0.2, 0.25) is 15.9 Å². The number of carbonyl (C=O) groups excluding carboxylic acids is 1. The van der Waals surface area contributed by atoms with Gasteiger partial charge >= 0.3 is 0 Å². The molecule has 3 aromatic carbocycles. The van der Waals surface area contributed by atoms with E-state index in [1.165, 1.54) is 36.4 Å². The zero-order chi connectivity index (χ0) is 23.5. The van der Waals surface area contributed by atoms with Crippen molar-refractivity contribution in [2.24, 2.45) is 0 Å². The number of sulfonamides is 1. The van der Waals surface area contributed by atoms with Crippen molar-refractivity contribution in [1.29, 1.82) is 0 Å². The number of benzene rings is 3. The summed E-state index contributed by atoms with van der Waals surface area (Å²) in [5.41, 5.74) is 0.244. The van der Waals surface area contributed by atoms with Crippen molar-refractivity contribution in [2.75, 3.05) is 11.9 Å². The average molecular weight is 581 g/mol. The molecule has 0 aliphatic heterocycles. The number of hydrogen-bond donors (Lipinski definition) is 1. The second-order valence-corrected chi connectivity index (χ2v) is 10.7. The van der Waals surface area contributed by atoms with E-state index >= 15 is 0 Å². The Kier molecular flexibility index (Phi) is 8.19. The number of halogens is 5. The second-order valence-electron chi connectivity index (χ2n) is 6.60. The topological polar surface area (TPSA) is 66.5 Å². The lowest BCUT2D eigenvalue weighted by molar-refractivity contribution is -0.116. The fourth-order valence-corrected chi connectivity index (χ4v) is 5.12. The molecule has 5 nitrogen and oxygen atoms in total. The monoisotopic (exact) mass is 578 g/mol. The summed E-state index contributed by atoms with van der Waals surface area (Å²) in [6.07, 6.45) is 0. The van der Waals surface area contributed by atoms with Gasteiger partial charge in [0.25, 0.3) is 0 Å². The molecule has 168 valence electrons. The van der Waals surface area contributed by atoms with E-state index in [0.717, 1.165) is 4.31 Å². The van der Waals surface area contributed by atoms with Gasteiger partial charge in [-0.05, 0) is 54.6 Å². The summed E-state index contributed by atoms with van der Waals surface area (Å²) in [6, 6.07) is 14.3. The highest BCUT2D eigenvalue weighted by Gasteiger charge is 2.28. The maximum absolute atomic E-state index is 14.1. The van der Waals surface area contributed by atoms with E-state index in [1.807, 2.05) is 0 Å². The Labute approximate surface area is 208 Å². The first kappa shape index (κ1) is 25.0. The fraction of sp³-hybridized carbons (Fsp3) is 0.0952. The van der Waals surface area contributed by atoms with Crippen molar-refractivity contribution in [1.82, 2.24) is 4.31 Å². The molecule has 0 unspecified atom stereocenters. The lowest BCUT2D eigenvalue weighted by Crippen LogP contribution is -2.37. The number of nitrogens with zero attached hydrogens (tertiary/aromatic N) is 1. The molecule has 0 aromatic heterocycles. The van der Waals surface area contributed by atoms with Gasteiger partial charge in [-0.2, -0.15) is 4.31 Å². The molecule has 0 aliphatic rings. The Balaban J connectivity index is 1.94. The van der Waals surface area contributed by atoms with Gasteiger partial charge in [0.1, 0.15) is 5.82 Å². The standard InChI is InChI=1S/C21H15BrCl3FN2O3S/c22-13-4-9-20(19(26)10-13)27-21(29)12-28(11-16-17(24)2-1-3-18(16)25)32(30,31)15-7-5-14(23)6-8-15/h1-10H,11-12H2,(H,27,29). The van der Waals surface area contributed by atoms with E-state index in [9.17, 15) is 17.6 Å². The van der Waals surface area contributed by atoms with Crippen LogP contribution < -0.4 is 5.32 Å². The Bertz CT molecular complexity index is 1240. The first-order valence-electron chi connectivity index (χ1n) is 9.01. The van der Waals surface area contributed by atoms with Gasteiger partial charge in [-0.15, -0.1) is 0 Å². The molecule has 1 N–H and O–H groups in total. The summed E-state index contributed by atoms with van der Waals surface area (Å²) < 4.78 is 42.1. The number of amides is 1. The highest BCUT2D eigenvalue weighted by Crippen LogP contribution is 2.29. The van der Waals surface area contributed by atoms with Gasteiger partial charge in [0.15, 0.2) is 0 Å². The van der Waals surface area contributed by atoms with Crippen LogP contribution in [0.2, 0.25) is 15.1 Å². The van der Waals surface area contributed by atoms with Gasteiger partial charge in [-0.25, -0.2) is 12.8 Å². The van der Waals surface area contributed by atoms with Crippen molar-refractivity contribution in [2.45, 2.75) is 11.4 Å². The molecule has 0 radical (unpaired) electrons. The molecule has 0 atom stereocenters. The summed E-state index contributed by atoms with van der Waals surface area (Å²) in [7, 11) is -4.16. The zero-order valence-corrected chi connectivity index (χ0v) is 20.8. The predicted octanol–water partition coefficient (Wildman–Crippen LogP) is 6.38. The highest BCUT2D eigenvalue weighted by atomic mass is 79.9. The van der Waals surface area contributed by atoms with Crippen LogP contribution >= 0.6 is 50.7 Å². The Hall–Kier alpha value is -1.68. The van der Waals surface area contributed by atoms with E-state index in [0.29, 0.717) is 15.1 Å². The van der Waals surface area contributed by atoms with Gasteiger partial charge in [-0.1, -0.05) is 56.8 Å². The van der Waals surface area contributed by atoms with Crippen molar-refractivity contribution in [3.8, 4) is 0 Å². The molecule has 0 spiro atoms. The first-order chi connectivity index (χ1) is 15.1. The summed E-state index contributed by atoms with van der Waals surface area (Å²) in [4.78, 5) is 12.6. The summed E-state index contributed by atoms with van der Waals surface area (Å²) in [5.74, 6) is -1.42. The van der Waals surface area contributed by atoms with Crippen LogP contribution in [0.5, 0.6) is 0 Å². The molecule has 32 heavy (non-hydrogen) atoms. The molecule has 0 bridgehead atoms. The molecule has 3 rings (SSSR count).